The molecule has 0 radical (unpaired) electrons. The van der Waals surface area contributed by atoms with E-state index in [1.165, 1.54) is 4.68 Å². The van der Waals surface area contributed by atoms with Crippen molar-refractivity contribution in [3.63, 3.8) is 0 Å². The summed E-state index contributed by atoms with van der Waals surface area (Å²) >= 11 is 0. The number of nitrogens with one attached hydrogen (secondary N) is 2. The van der Waals surface area contributed by atoms with Gasteiger partial charge in [0.1, 0.15) is 12.2 Å². The molecule has 0 aliphatic rings. The van der Waals surface area contributed by atoms with Gasteiger partial charge in [-0.15, -0.1) is 5.10 Å². The maximum atomic E-state index is 11.6. The van der Waals surface area contributed by atoms with Crippen LogP contribution in [0.3, 0.4) is 0 Å². The van der Waals surface area contributed by atoms with Gasteiger partial charge in [-0.2, -0.15) is 0 Å². The van der Waals surface area contributed by atoms with E-state index < -0.39 is 17.5 Å². The van der Waals surface area contributed by atoms with Gasteiger partial charge in [-0.3, -0.25) is 10.1 Å². The normalized spacial score (nSPS) is 11.2. The number of hydrogen-bond donors (Lipinski definition) is 3. The molecule has 8 nitrogen and oxygen atoms in total. The number of amides is 3. The number of unbranched alkanes of at least 4 members (excludes halogenated alkanes) is 1. The van der Waals surface area contributed by atoms with E-state index in [4.69, 9.17) is 5.73 Å². The second kappa shape index (κ2) is 6.99. The number of aromatic nitrogens is 3. The number of nitrogens with two attached hydrogens (primary N) is 1. The lowest BCUT2D eigenvalue weighted by atomic mass is 10.0. The van der Waals surface area contributed by atoms with E-state index in [0.717, 1.165) is 12.8 Å². The highest BCUT2D eigenvalue weighted by Crippen LogP contribution is 2.12. The first-order chi connectivity index (χ1) is 9.32. The molecule has 1 rings (SSSR count). The Balaban J connectivity index is 2.42. The topological polar surface area (TPSA) is 115 Å². The monoisotopic (exact) mass is 282 g/mol. The van der Waals surface area contributed by atoms with Crippen molar-refractivity contribution in [3.8, 4) is 0 Å². The lowest BCUT2D eigenvalue weighted by molar-refractivity contribution is -0.120. The highest BCUT2D eigenvalue weighted by Gasteiger charge is 2.19. The summed E-state index contributed by atoms with van der Waals surface area (Å²) in [6.07, 6.45) is 3.44. The summed E-state index contributed by atoms with van der Waals surface area (Å²) in [5.74, 6) is -0.453. The molecule has 0 fully saturated rings. The summed E-state index contributed by atoms with van der Waals surface area (Å²) in [4.78, 5) is 23.0. The summed E-state index contributed by atoms with van der Waals surface area (Å²) in [5.41, 5.74) is 5.83. The van der Waals surface area contributed by atoms with E-state index in [0.29, 0.717) is 12.2 Å². The molecule has 4 N–H and O–H groups in total. The van der Waals surface area contributed by atoms with Gasteiger partial charge in [0.2, 0.25) is 5.91 Å². The third kappa shape index (κ3) is 5.35. The Labute approximate surface area is 118 Å². The van der Waals surface area contributed by atoms with Gasteiger partial charge in [0.25, 0.3) is 0 Å². The Morgan fingerprint density at radius 3 is 2.70 bits per heavy atom. The molecule has 0 saturated heterocycles. The Morgan fingerprint density at radius 1 is 1.45 bits per heavy atom. The van der Waals surface area contributed by atoms with Crippen molar-refractivity contribution in [1.29, 1.82) is 0 Å². The first kappa shape index (κ1) is 16.1. The van der Waals surface area contributed by atoms with Crippen LogP contribution in [0.4, 0.5) is 4.79 Å². The molecule has 8 heteroatoms. The minimum Gasteiger partial charge on any atom is -0.338 e. The van der Waals surface area contributed by atoms with Gasteiger partial charge in [0.15, 0.2) is 0 Å². The van der Waals surface area contributed by atoms with Gasteiger partial charge in [-0.1, -0.05) is 18.6 Å². The predicted octanol–water partition coefficient (Wildman–Crippen LogP) is 0.0978. The standard InChI is InChI=1S/C12H22N6O2/c1-4-5-6-14-11(20)15-10(19)8-18-7-9(16-17-18)12(2,3)13/h7H,4-6,8,13H2,1-3H3,(H2,14,15,19,20). The molecule has 1 aromatic rings. The molecular weight excluding hydrogens is 260 g/mol. The van der Waals surface area contributed by atoms with Crippen LogP contribution in [0.25, 0.3) is 0 Å². The fourth-order valence-electron chi connectivity index (χ4n) is 1.41. The molecule has 0 atom stereocenters. The number of imide groups is 1. The predicted molar refractivity (Wildman–Crippen MR) is 73.7 cm³/mol. The van der Waals surface area contributed by atoms with Gasteiger partial charge in [0, 0.05) is 6.54 Å². The maximum absolute atomic E-state index is 11.6. The van der Waals surface area contributed by atoms with E-state index in [9.17, 15) is 9.59 Å². The van der Waals surface area contributed by atoms with Gasteiger partial charge in [-0.05, 0) is 20.3 Å². The molecule has 0 unspecified atom stereocenters. The van der Waals surface area contributed by atoms with Crippen molar-refractivity contribution in [3.05, 3.63) is 11.9 Å². The molecule has 0 aliphatic carbocycles. The summed E-state index contributed by atoms with van der Waals surface area (Å²) in [5, 5.41) is 12.5. The zero-order chi connectivity index (χ0) is 15.2. The van der Waals surface area contributed by atoms with Crippen LogP contribution in [0.15, 0.2) is 6.20 Å². The maximum Gasteiger partial charge on any atom is 0.321 e. The molecule has 3 amide bonds. The van der Waals surface area contributed by atoms with Crippen molar-refractivity contribution in [1.82, 2.24) is 25.6 Å². The SMILES string of the molecule is CCCCNC(=O)NC(=O)Cn1cc(C(C)(C)N)nn1. The molecule has 1 aromatic heterocycles. The Kier molecular flexibility index (Phi) is 5.63. The first-order valence-corrected chi connectivity index (χ1v) is 6.60. The van der Waals surface area contributed by atoms with Gasteiger partial charge >= 0.3 is 6.03 Å². The average Bonchev–Trinajstić information content (AvgIpc) is 2.77. The van der Waals surface area contributed by atoms with Crippen LogP contribution in [-0.4, -0.2) is 33.5 Å². The lowest BCUT2D eigenvalue weighted by Crippen LogP contribution is -2.41. The number of carbonyl (C=O) groups excluding carboxylic acids is 2. The first-order valence-electron chi connectivity index (χ1n) is 6.60. The van der Waals surface area contributed by atoms with Crippen molar-refractivity contribution < 1.29 is 9.59 Å². The quantitative estimate of drug-likeness (QED) is 0.640. The summed E-state index contributed by atoms with van der Waals surface area (Å²) in [6.45, 7) is 6.08. The number of carbonyl (C=O) groups is 2. The van der Waals surface area contributed by atoms with Crippen LogP contribution < -0.4 is 16.4 Å². The molecular formula is C12H22N6O2. The number of urea groups is 1. The highest BCUT2D eigenvalue weighted by atomic mass is 16.2. The largest absolute Gasteiger partial charge is 0.338 e. The van der Waals surface area contributed by atoms with E-state index in [-0.39, 0.29) is 6.54 Å². The Bertz CT molecular complexity index is 463. The minimum atomic E-state index is -0.619. The number of nitrogens with zero attached hydrogens (tertiary/aromatic N) is 3. The van der Waals surface area contributed by atoms with Crippen LogP contribution in [-0.2, 0) is 16.9 Å². The molecule has 20 heavy (non-hydrogen) atoms. The summed E-state index contributed by atoms with van der Waals surface area (Å²) < 4.78 is 1.35. The van der Waals surface area contributed by atoms with Crippen molar-refractivity contribution >= 4 is 11.9 Å². The summed E-state index contributed by atoms with van der Waals surface area (Å²) in [6, 6.07) is -0.497. The Morgan fingerprint density at radius 2 is 2.15 bits per heavy atom. The smallest absolute Gasteiger partial charge is 0.321 e. The second-order valence-corrected chi connectivity index (χ2v) is 5.18. The molecule has 0 spiro atoms. The molecule has 1 heterocycles. The van der Waals surface area contributed by atoms with Crippen molar-refractivity contribution in [2.45, 2.75) is 45.7 Å². The van der Waals surface area contributed by atoms with E-state index in [2.05, 4.69) is 20.9 Å². The third-order valence-electron chi connectivity index (χ3n) is 2.57. The van der Waals surface area contributed by atoms with E-state index >= 15 is 0 Å². The fraction of sp³-hybridized carbons (Fsp3) is 0.667. The Hall–Kier alpha value is -1.96. The average molecular weight is 282 g/mol. The van der Waals surface area contributed by atoms with E-state index in [1.54, 1.807) is 20.0 Å². The van der Waals surface area contributed by atoms with Crippen molar-refractivity contribution in [2.75, 3.05) is 6.54 Å². The molecule has 0 aromatic carbocycles. The molecule has 0 bridgehead atoms. The van der Waals surface area contributed by atoms with Crippen LogP contribution in [0, 0.1) is 0 Å². The molecule has 112 valence electrons. The molecule has 0 aliphatic heterocycles. The second-order valence-electron chi connectivity index (χ2n) is 5.18. The third-order valence-corrected chi connectivity index (χ3v) is 2.57. The van der Waals surface area contributed by atoms with Gasteiger partial charge < -0.3 is 11.1 Å². The highest BCUT2D eigenvalue weighted by molar-refractivity contribution is 5.94. The van der Waals surface area contributed by atoms with Crippen LogP contribution in [0.1, 0.15) is 39.3 Å². The lowest BCUT2D eigenvalue weighted by Gasteiger charge is -2.13. The van der Waals surface area contributed by atoms with Crippen LogP contribution >= 0.6 is 0 Å². The van der Waals surface area contributed by atoms with Crippen LogP contribution in [0.2, 0.25) is 0 Å². The van der Waals surface area contributed by atoms with Gasteiger partial charge in [0.05, 0.1) is 11.7 Å². The summed E-state index contributed by atoms with van der Waals surface area (Å²) in [7, 11) is 0. The zero-order valence-electron chi connectivity index (χ0n) is 12.1. The van der Waals surface area contributed by atoms with Crippen LogP contribution in [0.5, 0.6) is 0 Å². The number of hydrogen-bond acceptors (Lipinski definition) is 5. The minimum absolute atomic E-state index is 0.0791. The fourth-order valence-corrected chi connectivity index (χ4v) is 1.41. The number of rotatable bonds is 6. The van der Waals surface area contributed by atoms with E-state index in [1.807, 2.05) is 6.92 Å². The van der Waals surface area contributed by atoms with Crippen molar-refractivity contribution in [2.24, 2.45) is 5.73 Å². The molecule has 0 saturated carbocycles. The zero-order valence-corrected chi connectivity index (χ0v) is 12.1. The van der Waals surface area contributed by atoms with Gasteiger partial charge in [-0.25, -0.2) is 9.48 Å².